The molecule has 2 aliphatic rings. The number of nitrogens with two attached hydrogens (primary N) is 1. The molecule has 0 aliphatic heterocycles. The van der Waals surface area contributed by atoms with E-state index in [1.807, 2.05) is 23.6 Å². The van der Waals surface area contributed by atoms with Gasteiger partial charge in [-0.3, -0.25) is 4.79 Å². The average Bonchev–Trinajstić information content (AvgIpc) is 3.37. The second-order valence-corrected chi connectivity index (χ2v) is 7.89. The number of ether oxygens (including phenoxy) is 2. The van der Waals surface area contributed by atoms with E-state index < -0.39 is 0 Å². The minimum Gasteiger partial charge on any atom is -0.497 e. The summed E-state index contributed by atoms with van der Waals surface area (Å²) in [6, 6.07) is 5.55. The van der Waals surface area contributed by atoms with Crippen LogP contribution in [0.15, 0.2) is 23.6 Å². The number of hydrogen-bond donors (Lipinski definition) is 2. The number of hydrogen-bond acceptors (Lipinski definition) is 6. The van der Waals surface area contributed by atoms with Crippen molar-refractivity contribution in [2.75, 3.05) is 19.5 Å². The monoisotopic (exact) mass is 409 g/mol. The second-order valence-electron chi connectivity index (χ2n) is 7.03. The molecule has 4 rings (SSSR count). The number of aromatic nitrogens is 1. The number of anilines is 1. The maximum Gasteiger partial charge on any atom is 0.231 e. The molecule has 2 aliphatic carbocycles. The lowest BCUT2D eigenvalue weighted by Gasteiger charge is -2.26. The molecule has 27 heavy (non-hydrogen) atoms. The number of nitrogens with zero attached hydrogens (tertiary/aromatic N) is 1. The molecule has 2 aromatic rings. The van der Waals surface area contributed by atoms with Gasteiger partial charge in [-0.2, -0.15) is 0 Å². The first-order valence-corrected chi connectivity index (χ1v) is 9.73. The van der Waals surface area contributed by atoms with Crippen LogP contribution in [0.2, 0.25) is 0 Å². The summed E-state index contributed by atoms with van der Waals surface area (Å²) >= 11 is 1.41. The summed E-state index contributed by atoms with van der Waals surface area (Å²) in [5, 5.41) is 5.47. The van der Waals surface area contributed by atoms with Crippen molar-refractivity contribution in [3.63, 3.8) is 0 Å². The van der Waals surface area contributed by atoms with Gasteiger partial charge in [-0.05, 0) is 49.3 Å². The van der Waals surface area contributed by atoms with Gasteiger partial charge in [-0.1, -0.05) is 0 Å². The Morgan fingerprint density at radius 3 is 2.70 bits per heavy atom. The van der Waals surface area contributed by atoms with Gasteiger partial charge in [0.2, 0.25) is 5.91 Å². The first-order chi connectivity index (χ1) is 12.6. The number of methoxy groups -OCH3 is 2. The van der Waals surface area contributed by atoms with Crippen molar-refractivity contribution >= 4 is 34.8 Å². The lowest BCUT2D eigenvalue weighted by Crippen LogP contribution is -2.42. The van der Waals surface area contributed by atoms with Crippen molar-refractivity contribution in [2.24, 2.45) is 23.5 Å². The van der Waals surface area contributed by atoms with Crippen LogP contribution >= 0.6 is 23.7 Å². The molecule has 1 aromatic heterocycles. The summed E-state index contributed by atoms with van der Waals surface area (Å²) in [5.41, 5.74) is 7.86. The standard InChI is InChI=1S/C19H23N3O3S.ClH/c1-24-12-5-6-15(25-2)13(8-12)14-9-26-19(21-14)22-18(23)16-10-3-4-11(7-10)17(16)20;/h5-6,8-11,16-17H,3-4,7,20H2,1-2H3,(H,21,22,23);1H. The van der Waals surface area contributed by atoms with Crippen molar-refractivity contribution in [1.29, 1.82) is 0 Å². The molecule has 1 amide bonds. The van der Waals surface area contributed by atoms with Gasteiger partial charge in [0.05, 0.1) is 25.8 Å². The molecule has 2 saturated carbocycles. The Kier molecular flexibility index (Phi) is 5.93. The van der Waals surface area contributed by atoms with Gasteiger partial charge in [0.15, 0.2) is 5.13 Å². The Bertz CT molecular complexity index is 826. The topological polar surface area (TPSA) is 86.5 Å². The molecule has 3 N–H and O–H groups in total. The van der Waals surface area contributed by atoms with E-state index in [1.54, 1.807) is 14.2 Å². The number of halogens is 1. The van der Waals surface area contributed by atoms with Gasteiger partial charge in [0.1, 0.15) is 11.5 Å². The van der Waals surface area contributed by atoms with E-state index in [1.165, 1.54) is 11.3 Å². The van der Waals surface area contributed by atoms with E-state index in [9.17, 15) is 4.79 Å². The van der Waals surface area contributed by atoms with Crippen LogP contribution < -0.4 is 20.5 Å². The molecule has 4 atom stereocenters. The predicted octanol–water partition coefficient (Wildman–Crippen LogP) is 3.56. The predicted molar refractivity (Wildman–Crippen MR) is 109 cm³/mol. The molecule has 6 nitrogen and oxygen atoms in total. The molecule has 2 fully saturated rings. The number of rotatable bonds is 5. The minimum atomic E-state index is -0.0903. The molecular weight excluding hydrogens is 386 g/mol. The van der Waals surface area contributed by atoms with Gasteiger partial charge in [0, 0.05) is 17.0 Å². The summed E-state index contributed by atoms with van der Waals surface area (Å²) in [7, 11) is 3.24. The Morgan fingerprint density at radius 1 is 1.26 bits per heavy atom. The number of nitrogens with one attached hydrogen (secondary N) is 1. The molecule has 1 heterocycles. The largest absolute Gasteiger partial charge is 0.497 e. The lowest BCUT2D eigenvalue weighted by atomic mass is 9.84. The van der Waals surface area contributed by atoms with Crippen molar-refractivity contribution in [3.05, 3.63) is 23.6 Å². The molecule has 0 radical (unpaired) electrons. The van der Waals surface area contributed by atoms with Crippen LogP contribution in [0.3, 0.4) is 0 Å². The molecule has 1 aromatic carbocycles. The van der Waals surface area contributed by atoms with E-state index in [2.05, 4.69) is 10.3 Å². The molecule has 4 unspecified atom stereocenters. The highest BCUT2D eigenvalue weighted by Crippen LogP contribution is 2.48. The number of thiazole rings is 1. The Balaban J connectivity index is 0.00000210. The zero-order valence-electron chi connectivity index (χ0n) is 15.3. The highest BCUT2D eigenvalue weighted by Gasteiger charge is 2.49. The average molecular weight is 410 g/mol. The fourth-order valence-corrected chi connectivity index (χ4v) is 5.10. The van der Waals surface area contributed by atoms with E-state index in [4.69, 9.17) is 15.2 Å². The summed E-state index contributed by atoms with van der Waals surface area (Å²) in [5.74, 6) is 2.28. The van der Waals surface area contributed by atoms with Crippen molar-refractivity contribution in [1.82, 2.24) is 4.98 Å². The fourth-order valence-electron chi connectivity index (χ4n) is 4.38. The van der Waals surface area contributed by atoms with Crippen molar-refractivity contribution < 1.29 is 14.3 Å². The van der Waals surface area contributed by atoms with Crippen LogP contribution in [0.5, 0.6) is 11.5 Å². The number of carbonyl (C=O) groups is 1. The Hall–Kier alpha value is -1.83. The van der Waals surface area contributed by atoms with E-state index in [0.29, 0.717) is 22.7 Å². The Labute approximate surface area is 168 Å². The third-order valence-electron chi connectivity index (χ3n) is 5.70. The third-order valence-corrected chi connectivity index (χ3v) is 6.46. The van der Waals surface area contributed by atoms with Gasteiger partial charge in [0.25, 0.3) is 0 Å². The highest BCUT2D eigenvalue weighted by molar-refractivity contribution is 7.14. The Morgan fingerprint density at radius 2 is 2.04 bits per heavy atom. The van der Waals surface area contributed by atoms with Crippen LogP contribution in [-0.4, -0.2) is 31.2 Å². The summed E-state index contributed by atoms with van der Waals surface area (Å²) < 4.78 is 10.7. The summed E-state index contributed by atoms with van der Waals surface area (Å²) in [4.78, 5) is 17.3. The second kappa shape index (κ2) is 8.04. The quantitative estimate of drug-likeness (QED) is 0.788. The van der Waals surface area contributed by atoms with Gasteiger partial charge >= 0.3 is 0 Å². The number of amides is 1. The molecular formula is C19H24ClN3O3S. The fraction of sp³-hybridized carbons (Fsp3) is 0.474. The van der Waals surface area contributed by atoms with Gasteiger partial charge in [-0.15, -0.1) is 23.7 Å². The van der Waals surface area contributed by atoms with Crippen LogP contribution in [0.25, 0.3) is 11.3 Å². The first-order valence-electron chi connectivity index (χ1n) is 8.85. The maximum absolute atomic E-state index is 12.7. The number of carbonyl (C=O) groups excluding carboxylic acids is 1. The van der Waals surface area contributed by atoms with Gasteiger partial charge < -0.3 is 20.5 Å². The third kappa shape index (κ3) is 3.63. The SMILES string of the molecule is COc1ccc(OC)c(-c2csc(NC(=O)C3C4CCC(C4)C3N)n2)c1.Cl. The molecule has 8 heteroatoms. The first kappa shape index (κ1) is 19.9. The van der Waals surface area contributed by atoms with Crippen LogP contribution in [0, 0.1) is 17.8 Å². The van der Waals surface area contributed by atoms with Crippen molar-refractivity contribution in [3.8, 4) is 22.8 Å². The van der Waals surface area contributed by atoms with Crippen LogP contribution in [0.4, 0.5) is 5.13 Å². The summed E-state index contributed by atoms with van der Waals surface area (Å²) in [6.07, 6.45) is 3.36. The van der Waals surface area contributed by atoms with E-state index >= 15 is 0 Å². The smallest absolute Gasteiger partial charge is 0.231 e. The van der Waals surface area contributed by atoms with Crippen LogP contribution in [0.1, 0.15) is 19.3 Å². The highest BCUT2D eigenvalue weighted by atomic mass is 35.5. The number of fused-ring (bicyclic) bond motifs is 2. The van der Waals surface area contributed by atoms with Crippen molar-refractivity contribution in [2.45, 2.75) is 25.3 Å². The maximum atomic E-state index is 12.7. The molecule has 0 spiro atoms. The van der Waals surface area contributed by atoms with E-state index in [0.717, 1.165) is 36.3 Å². The number of benzene rings is 1. The normalized spacial score (nSPS) is 25.7. The summed E-state index contributed by atoms with van der Waals surface area (Å²) in [6.45, 7) is 0. The zero-order valence-corrected chi connectivity index (χ0v) is 16.9. The lowest BCUT2D eigenvalue weighted by molar-refractivity contribution is -0.121. The van der Waals surface area contributed by atoms with Gasteiger partial charge in [-0.25, -0.2) is 4.98 Å². The minimum absolute atomic E-state index is 0. The molecule has 0 saturated heterocycles. The van der Waals surface area contributed by atoms with E-state index in [-0.39, 0.29) is 30.3 Å². The zero-order chi connectivity index (χ0) is 18.3. The van der Waals surface area contributed by atoms with Crippen LogP contribution in [-0.2, 0) is 4.79 Å². The molecule has 146 valence electrons. The molecule has 2 bridgehead atoms.